The van der Waals surface area contributed by atoms with Gasteiger partial charge in [-0.1, -0.05) is 23.2 Å². The normalized spacial score (nSPS) is 11.0. The number of carbonyl (C=O) groups is 1. The predicted molar refractivity (Wildman–Crippen MR) is 81.9 cm³/mol. The number of carboxylic acids is 1. The van der Waals surface area contributed by atoms with Crippen molar-refractivity contribution in [3.63, 3.8) is 0 Å². The Morgan fingerprint density at radius 3 is 2.55 bits per heavy atom. The van der Waals surface area contributed by atoms with Crippen LogP contribution in [0.1, 0.15) is 10.4 Å². The van der Waals surface area contributed by atoms with E-state index in [4.69, 9.17) is 28.9 Å². The molecule has 9 heteroatoms. The Kier molecular flexibility index (Phi) is 3.31. The Morgan fingerprint density at radius 1 is 1.18 bits per heavy atom. The number of rotatable bonds is 2. The molecular formula is C13H8Cl2N4O3. The van der Waals surface area contributed by atoms with E-state index in [1.54, 1.807) is 0 Å². The van der Waals surface area contributed by atoms with E-state index >= 15 is 0 Å². The highest BCUT2D eigenvalue weighted by Crippen LogP contribution is 2.32. The Hall–Kier alpha value is -2.51. The maximum absolute atomic E-state index is 11.3. The number of nitrogens with two attached hydrogens (primary N) is 1. The summed E-state index contributed by atoms with van der Waals surface area (Å²) in [6.07, 6.45) is 0. The van der Waals surface area contributed by atoms with Crippen molar-refractivity contribution >= 4 is 45.9 Å². The molecule has 0 aliphatic heterocycles. The largest absolute Gasteiger partial charge is 0.506 e. The van der Waals surface area contributed by atoms with Crippen LogP contribution in [0.5, 0.6) is 5.75 Å². The van der Waals surface area contributed by atoms with E-state index in [0.29, 0.717) is 5.02 Å². The van der Waals surface area contributed by atoms with Crippen LogP contribution in [0.3, 0.4) is 0 Å². The first-order valence-electron chi connectivity index (χ1n) is 5.95. The van der Waals surface area contributed by atoms with Crippen molar-refractivity contribution in [3.8, 4) is 11.4 Å². The van der Waals surface area contributed by atoms with Gasteiger partial charge in [-0.25, -0.2) is 4.79 Å². The summed E-state index contributed by atoms with van der Waals surface area (Å²) in [7, 11) is 0. The second-order valence-electron chi connectivity index (χ2n) is 4.45. The standard InChI is InChI=1S/C13H8Cl2N4O3/c14-5-1-2-9(20)8(3-5)19-17-11-6(13(21)22)4-7(16)10(15)12(11)18-19/h1-4,20H,16H2,(H,21,22). The molecule has 7 nitrogen and oxygen atoms in total. The summed E-state index contributed by atoms with van der Waals surface area (Å²) in [5.41, 5.74) is 6.00. The van der Waals surface area contributed by atoms with Crippen molar-refractivity contribution in [2.45, 2.75) is 0 Å². The molecular weight excluding hydrogens is 331 g/mol. The molecule has 0 aliphatic carbocycles. The molecule has 1 heterocycles. The van der Waals surface area contributed by atoms with E-state index < -0.39 is 5.97 Å². The number of nitrogens with zero attached hydrogens (tertiary/aromatic N) is 3. The maximum Gasteiger partial charge on any atom is 0.338 e. The molecule has 3 rings (SSSR count). The molecule has 0 fully saturated rings. The summed E-state index contributed by atoms with van der Waals surface area (Å²) in [6, 6.07) is 5.52. The van der Waals surface area contributed by atoms with E-state index in [0.717, 1.165) is 4.80 Å². The third-order valence-electron chi connectivity index (χ3n) is 3.01. The number of halogens is 2. The zero-order chi connectivity index (χ0) is 16.0. The minimum atomic E-state index is -1.21. The van der Waals surface area contributed by atoms with E-state index in [9.17, 15) is 15.0 Å². The number of phenolic OH excluding ortho intramolecular Hbond substituents is 1. The highest BCUT2D eigenvalue weighted by Gasteiger charge is 2.20. The van der Waals surface area contributed by atoms with Gasteiger partial charge in [0.1, 0.15) is 22.5 Å². The van der Waals surface area contributed by atoms with Gasteiger partial charge in [0, 0.05) is 5.02 Å². The van der Waals surface area contributed by atoms with Crippen LogP contribution < -0.4 is 5.73 Å². The summed E-state index contributed by atoms with van der Waals surface area (Å²) in [4.78, 5) is 12.4. The van der Waals surface area contributed by atoms with Gasteiger partial charge in [-0.2, -0.15) is 0 Å². The molecule has 22 heavy (non-hydrogen) atoms. The van der Waals surface area contributed by atoms with Gasteiger partial charge < -0.3 is 15.9 Å². The SMILES string of the molecule is Nc1cc(C(=O)O)c2nn(-c3cc(Cl)ccc3O)nc2c1Cl. The summed E-state index contributed by atoms with van der Waals surface area (Å²) < 4.78 is 0. The van der Waals surface area contributed by atoms with Gasteiger partial charge >= 0.3 is 5.97 Å². The van der Waals surface area contributed by atoms with Crippen molar-refractivity contribution in [2.24, 2.45) is 0 Å². The third kappa shape index (κ3) is 2.20. The van der Waals surface area contributed by atoms with Crippen LogP contribution in [0.15, 0.2) is 24.3 Å². The fraction of sp³-hybridized carbons (Fsp3) is 0. The zero-order valence-corrected chi connectivity index (χ0v) is 12.3. The Morgan fingerprint density at radius 2 is 1.86 bits per heavy atom. The molecule has 4 N–H and O–H groups in total. The van der Waals surface area contributed by atoms with Crippen molar-refractivity contribution in [2.75, 3.05) is 5.73 Å². The van der Waals surface area contributed by atoms with Gasteiger partial charge in [0.05, 0.1) is 16.3 Å². The van der Waals surface area contributed by atoms with E-state index in [2.05, 4.69) is 10.2 Å². The molecule has 1 aromatic heterocycles. The average Bonchev–Trinajstić information content (AvgIpc) is 2.90. The molecule has 0 unspecified atom stereocenters. The number of aromatic hydroxyl groups is 1. The number of hydrogen-bond donors (Lipinski definition) is 3. The molecule has 0 atom stereocenters. The van der Waals surface area contributed by atoms with Gasteiger partial charge in [0.2, 0.25) is 0 Å². The van der Waals surface area contributed by atoms with E-state index in [-0.39, 0.29) is 38.7 Å². The van der Waals surface area contributed by atoms with Crippen LogP contribution in [-0.2, 0) is 0 Å². The van der Waals surface area contributed by atoms with Crippen LogP contribution in [0.25, 0.3) is 16.7 Å². The first-order chi connectivity index (χ1) is 10.4. The van der Waals surface area contributed by atoms with Gasteiger partial charge in [0.25, 0.3) is 0 Å². The van der Waals surface area contributed by atoms with Gasteiger partial charge in [-0.05, 0) is 24.3 Å². The molecule has 2 aromatic carbocycles. The number of hydrogen-bond acceptors (Lipinski definition) is 5. The maximum atomic E-state index is 11.3. The Bertz CT molecular complexity index is 923. The quantitative estimate of drug-likeness (QED) is 0.619. The second kappa shape index (κ2) is 5.04. The fourth-order valence-corrected chi connectivity index (χ4v) is 2.34. The molecule has 0 radical (unpaired) electrons. The number of fused-ring (bicyclic) bond motifs is 1. The van der Waals surface area contributed by atoms with Gasteiger partial charge in [-0.15, -0.1) is 15.0 Å². The highest BCUT2D eigenvalue weighted by molar-refractivity contribution is 6.38. The number of anilines is 1. The molecule has 3 aromatic rings. The number of benzene rings is 2. The molecule has 0 amide bonds. The van der Waals surface area contributed by atoms with E-state index in [1.165, 1.54) is 24.3 Å². The fourth-order valence-electron chi connectivity index (χ4n) is 1.99. The van der Waals surface area contributed by atoms with Crippen LogP contribution in [0.2, 0.25) is 10.0 Å². The summed E-state index contributed by atoms with van der Waals surface area (Å²) in [6.45, 7) is 0. The lowest BCUT2D eigenvalue weighted by atomic mass is 10.1. The Balaban J connectivity index is 2.34. The van der Waals surface area contributed by atoms with E-state index in [1.807, 2.05) is 0 Å². The number of aromatic nitrogens is 3. The van der Waals surface area contributed by atoms with Gasteiger partial charge in [-0.3, -0.25) is 0 Å². The number of aromatic carboxylic acids is 1. The molecule has 0 saturated carbocycles. The van der Waals surface area contributed by atoms with Crippen LogP contribution in [-0.4, -0.2) is 31.2 Å². The van der Waals surface area contributed by atoms with Gasteiger partial charge in [0.15, 0.2) is 0 Å². The first-order valence-corrected chi connectivity index (χ1v) is 6.71. The topological polar surface area (TPSA) is 114 Å². The lowest BCUT2D eigenvalue weighted by molar-refractivity contribution is 0.0699. The number of phenols is 1. The Labute approximate surface area is 133 Å². The minimum absolute atomic E-state index is 0.0612. The number of nitrogen functional groups attached to an aromatic ring is 1. The zero-order valence-electron chi connectivity index (χ0n) is 10.8. The van der Waals surface area contributed by atoms with Crippen molar-refractivity contribution in [1.29, 1.82) is 0 Å². The lowest BCUT2D eigenvalue weighted by Crippen LogP contribution is -2.01. The summed E-state index contributed by atoms with van der Waals surface area (Å²) in [5, 5.41) is 27.7. The average molecular weight is 339 g/mol. The van der Waals surface area contributed by atoms with Crippen LogP contribution in [0, 0.1) is 0 Å². The number of carboxylic acid groups (broad SMARTS) is 1. The van der Waals surface area contributed by atoms with Crippen molar-refractivity contribution in [3.05, 3.63) is 39.9 Å². The highest BCUT2D eigenvalue weighted by atomic mass is 35.5. The first kappa shape index (κ1) is 14.4. The smallest absolute Gasteiger partial charge is 0.338 e. The molecule has 0 bridgehead atoms. The van der Waals surface area contributed by atoms with Crippen LogP contribution in [0.4, 0.5) is 5.69 Å². The molecule has 0 spiro atoms. The molecule has 0 saturated heterocycles. The molecule has 0 aliphatic rings. The minimum Gasteiger partial charge on any atom is -0.506 e. The predicted octanol–water partition coefficient (Wildman–Crippen LogP) is 2.71. The van der Waals surface area contributed by atoms with Crippen molar-refractivity contribution < 1.29 is 15.0 Å². The van der Waals surface area contributed by atoms with Crippen LogP contribution >= 0.6 is 23.2 Å². The monoisotopic (exact) mass is 338 g/mol. The summed E-state index contributed by atoms with van der Waals surface area (Å²) >= 11 is 11.9. The lowest BCUT2D eigenvalue weighted by Gasteiger charge is -2.02. The molecule has 112 valence electrons. The third-order valence-corrected chi connectivity index (χ3v) is 3.65. The second-order valence-corrected chi connectivity index (χ2v) is 5.27. The summed E-state index contributed by atoms with van der Waals surface area (Å²) in [5.74, 6) is -1.33. The van der Waals surface area contributed by atoms with Crippen molar-refractivity contribution in [1.82, 2.24) is 15.0 Å².